The summed E-state index contributed by atoms with van der Waals surface area (Å²) in [7, 11) is 0. The van der Waals surface area contributed by atoms with Crippen LogP contribution < -0.4 is 10.1 Å². The van der Waals surface area contributed by atoms with Gasteiger partial charge in [-0.05, 0) is 31.4 Å². The number of benzene rings is 1. The number of hydrogen-bond donors (Lipinski definition) is 1. The number of morpholine rings is 1. The minimum atomic E-state index is -0.521. The number of carbonyl (C=O) groups is 2. The number of aryl methyl sites for hydroxylation is 1. The van der Waals surface area contributed by atoms with Gasteiger partial charge in [0, 0.05) is 13.1 Å². The van der Waals surface area contributed by atoms with E-state index in [0.29, 0.717) is 44.4 Å². The van der Waals surface area contributed by atoms with Crippen LogP contribution in [0.3, 0.4) is 0 Å². The highest BCUT2D eigenvalue weighted by molar-refractivity contribution is 5.88. The van der Waals surface area contributed by atoms with Crippen molar-refractivity contribution in [2.24, 2.45) is 5.92 Å². The van der Waals surface area contributed by atoms with Crippen LogP contribution in [-0.2, 0) is 14.3 Å². The van der Waals surface area contributed by atoms with Crippen LogP contribution in [-0.4, -0.2) is 55.7 Å². The lowest BCUT2D eigenvalue weighted by atomic mass is 10.0. The van der Waals surface area contributed by atoms with E-state index in [1.165, 1.54) is 0 Å². The van der Waals surface area contributed by atoms with E-state index in [0.717, 1.165) is 5.56 Å². The Hall–Kier alpha value is -2.08. The van der Waals surface area contributed by atoms with Gasteiger partial charge in [0.15, 0.2) is 6.61 Å². The van der Waals surface area contributed by atoms with Crippen LogP contribution in [0.4, 0.5) is 0 Å². The molecule has 1 saturated heterocycles. The molecule has 1 heterocycles. The molecule has 1 aliphatic heterocycles. The molecule has 0 radical (unpaired) electrons. The van der Waals surface area contributed by atoms with Gasteiger partial charge in [0.05, 0.1) is 13.2 Å². The number of rotatable bonds is 7. The summed E-state index contributed by atoms with van der Waals surface area (Å²) in [6, 6.07) is 6.99. The third-order valence-corrected chi connectivity index (χ3v) is 4.05. The average Bonchev–Trinajstić information content (AvgIpc) is 2.60. The molecule has 2 amide bonds. The predicted octanol–water partition coefficient (Wildman–Crippen LogP) is 1.76. The van der Waals surface area contributed by atoms with E-state index in [-0.39, 0.29) is 18.4 Å². The Morgan fingerprint density at radius 1 is 1.20 bits per heavy atom. The number of nitrogens with one attached hydrogen (secondary N) is 1. The Labute approximate surface area is 149 Å². The average molecular weight is 348 g/mol. The first-order valence-corrected chi connectivity index (χ1v) is 8.81. The number of amides is 2. The largest absolute Gasteiger partial charge is 0.484 e. The lowest BCUT2D eigenvalue weighted by Crippen LogP contribution is -2.52. The van der Waals surface area contributed by atoms with Crippen LogP contribution in [0.15, 0.2) is 24.3 Å². The van der Waals surface area contributed by atoms with Gasteiger partial charge < -0.3 is 19.7 Å². The molecule has 1 fully saturated rings. The number of hydrogen-bond acceptors (Lipinski definition) is 4. The summed E-state index contributed by atoms with van der Waals surface area (Å²) in [4.78, 5) is 26.7. The van der Waals surface area contributed by atoms with E-state index in [4.69, 9.17) is 9.47 Å². The molecule has 0 saturated carbocycles. The Kier molecular flexibility index (Phi) is 7.25. The molecule has 0 aliphatic carbocycles. The first-order valence-electron chi connectivity index (χ1n) is 8.81. The SMILES string of the molecule is Cc1ccc(OCC(=O)N[C@@H](CC(C)C)C(=O)N2CCOCC2)cc1. The summed E-state index contributed by atoms with van der Waals surface area (Å²) in [6.45, 7) is 8.20. The van der Waals surface area contributed by atoms with Crippen molar-refractivity contribution in [3.8, 4) is 5.75 Å². The van der Waals surface area contributed by atoms with Crippen LogP contribution in [0, 0.1) is 12.8 Å². The zero-order valence-electron chi connectivity index (χ0n) is 15.3. The highest BCUT2D eigenvalue weighted by Gasteiger charge is 2.27. The molecule has 6 heteroatoms. The molecule has 0 unspecified atom stereocenters. The van der Waals surface area contributed by atoms with E-state index in [1.54, 1.807) is 4.90 Å². The molecular formula is C19H28N2O4. The molecule has 1 aliphatic rings. The standard InChI is InChI=1S/C19H28N2O4/c1-14(2)12-17(19(23)21-8-10-24-11-9-21)20-18(22)13-25-16-6-4-15(3)5-7-16/h4-7,14,17H,8-13H2,1-3H3,(H,20,22)/t17-/m0/s1. The summed E-state index contributed by atoms with van der Waals surface area (Å²) in [5.41, 5.74) is 1.13. The van der Waals surface area contributed by atoms with Crippen molar-refractivity contribution in [3.05, 3.63) is 29.8 Å². The van der Waals surface area contributed by atoms with Gasteiger partial charge in [-0.3, -0.25) is 9.59 Å². The first kappa shape index (κ1) is 19.2. The van der Waals surface area contributed by atoms with E-state index < -0.39 is 6.04 Å². The van der Waals surface area contributed by atoms with Gasteiger partial charge in [0.25, 0.3) is 5.91 Å². The Bertz CT molecular complexity index is 565. The van der Waals surface area contributed by atoms with Gasteiger partial charge in [-0.15, -0.1) is 0 Å². The molecule has 6 nitrogen and oxygen atoms in total. The summed E-state index contributed by atoms with van der Waals surface area (Å²) in [6.07, 6.45) is 0.604. The fraction of sp³-hybridized carbons (Fsp3) is 0.579. The zero-order valence-corrected chi connectivity index (χ0v) is 15.3. The van der Waals surface area contributed by atoms with Crippen molar-refractivity contribution in [2.75, 3.05) is 32.9 Å². The van der Waals surface area contributed by atoms with E-state index in [1.807, 2.05) is 45.0 Å². The van der Waals surface area contributed by atoms with Gasteiger partial charge >= 0.3 is 0 Å². The van der Waals surface area contributed by atoms with E-state index in [9.17, 15) is 9.59 Å². The maximum Gasteiger partial charge on any atom is 0.258 e. The highest BCUT2D eigenvalue weighted by atomic mass is 16.5. The predicted molar refractivity (Wildman–Crippen MR) is 95.5 cm³/mol. The molecule has 0 bridgehead atoms. The van der Waals surface area contributed by atoms with Gasteiger partial charge in [0.2, 0.25) is 5.91 Å². The van der Waals surface area contributed by atoms with Crippen LogP contribution in [0.1, 0.15) is 25.8 Å². The molecule has 25 heavy (non-hydrogen) atoms. The molecular weight excluding hydrogens is 320 g/mol. The molecule has 0 spiro atoms. The van der Waals surface area contributed by atoms with Gasteiger partial charge in [-0.1, -0.05) is 31.5 Å². The van der Waals surface area contributed by atoms with E-state index >= 15 is 0 Å². The second-order valence-electron chi connectivity index (χ2n) is 6.79. The molecule has 1 N–H and O–H groups in total. The normalized spacial score (nSPS) is 15.8. The maximum atomic E-state index is 12.7. The second kappa shape index (κ2) is 9.42. The van der Waals surface area contributed by atoms with Crippen molar-refractivity contribution < 1.29 is 19.1 Å². The monoisotopic (exact) mass is 348 g/mol. The molecule has 138 valence electrons. The van der Waals surface area contributed by atoms with Crippen LogP contribution >= 0.6 is 0 Å². The molecule has 2 rings (SSSR count). The molecule has 1 aromatic rings. The smallest absolute Gasteiger partial charge is 0.258 e. The van der Waals surface area contributed by atoms with Crippen molar-refractivity contribution in [3.63, 3.8) is 0 Å². The minimum Gasteiger partial charge on any atom is -0.484 e. The van der Waals surface area contributed by atoms with Crippen molar-refractivity contribution in [1.29, 1.82) is 0 Å². The Balaban J connectivity index is 1.89. The van der Waals surface area contributed by atoms with Gasteiger partial charge in [-0.25, -0.2) is 0 Å². The van der Waals surface area contributed by atoms with Gasteiger partial charge in [0.1, 0.15) is 11.8 Å². The minimum absolute atomic E-state index is 0.0410. The highest BCUT2D eigenvalue weighted by Crippen LogP contribution is 2.12. The van der Waals surface area contributed by atoms with Crippen LogP contribution in [0.25, 0.3) is 0 Å². The van der Waals surface area contributed by atoms with Gasteiger partial charge in [-0.2, -0.15) is 0 Å². The lowest BCUT2D eigenvalue weighted by Gasteiger charge is -2.31. The topological polar surface area (TPSA) is 67.9 Å². The quantitative estimate of drug-likeness (QED) is 0.815. The summed E-state index contributed by atoms with van der Waals surface area (Å²) in [5, 5.41) is 2.83. The Morgan fingerprint density at radius 3 is 2.44 bits per heavy atom. The Morgan fingerprint density at radius 2 is 1.84 bits per heavy atom. The molecule has 1 atom stereocenters. The fourth-order valence-electron chi connectivity index (χ4n) is 2.72. The molecule has 1 aromatic carbocycles. The second-order valence-corrected chi connectivity index (χ2v) is 6.79. The number of carbonyl (C=O) groups excluding carboxylic acids is 2. The first-order chi connectivity index (χ1) is 12.0. The number of nitrogens with zero attached hydrogens (tertiary/aromatic N) is 1. The zero-order chi connectivity index (χ0) is 18.2. The maximum absolute atomic E-state index is 12.7. The van der Waals surface area contributed by atoms with Crippen LogP contribution in [0.2, 0.25) is 0 Å². The van der Waals surface area contributed by atoms with Crippen molar-refractivity contribution in [1.82, 2.24) is 10.2 Å². The van der Waals surface area contributed by atoms with E-state index in [2.05, 4.69) is 5.32 Å². The summed E-state index contributed by atoms with van der Waals surface area (Å²) in [5.74, 6) is 0.613. The fourth-order valence-corrected chi connectivity index (χ4v) is 2.72. The number of ether oxygens (including phenoxy) is 2. The third-order valence-electron chi connectivity index (χ3n) is 4.05. The van der Waals surface area contributed by atoms with Crippen molar-refractivity contribution in [2.45, 2.75) is 33.2 Å². The molecule has 0 aromatic heterocycles. The summed E-state index contributed by atoms with van der Waals surface area (Å²) >= 11 is 0. The lowest BCUT2D eigenvalue weighted by molar-refractivity contribution is -0.140. The van der Waals surface area contributed by atoms with Crippen molar-refractivity contribution >= 4 is 11.8 Å². The van der Waals surface area contributed by atoms with Crippen LogP contribution in [0.5, 0.6) is 5.75 Å². The third kappa shape index (κ3) is 6.38. The summed E-state index contributed by atoms with van der Waals surface area (Å²) < 4.78 is 10.8.